The minimum atomic E-state index is -0.456. The summed E-state index contributed by atoms with van der Waals surface area (Å²) in [6.45, 7) is 7.74. The number of hydrogen-bond donors (Lipinski definition) is 1. The van der Waals surface area contributed by atoms with E-state index in [0.717, 1.165) is 3.57 Å². The van der Waals surface area contributed by atoms with Gasteiger partial charge in [0.2, 0.25) is 0 Å². The molecule has 0 unspecified atom stereocenters. The average Bonchev–Trinajstić information content (AvgIpc) is 2.49. The smallest absolute Gasteiger partial charge is 0.308 e. The van der Waals surface area contributed by atoms with Gasteiger partial charge in [0.25, 0.3) is 5.91 Å². The third kappa shape index (κ3) is 5.40. The zero-order valence-electron chi connectivity index (χ0n) is 14.4. The van der Waals surface area contributed by atoms with Gasteiger partial charge in [0.15, 0.2) is 5.75 Å². The molecule has 0 aliphatic rings. The molecule has 0 spiro atoms. The number of ether oxygens (including phenoxy) is 1. The van der Waals surface area contributed by atoms with E-state index in [2.05, 4.69) is 71.3 Å². The number of carbonyl (C=O) groups is 2. The summed E-state index contributed by atoms with van der Waals surface area (Å²) in [5, 5.41) is 2.87. The molecular formula is C19H19I2NO3. The number of benzene rings is 2. The van der Waals surface area contributed by atoms with Gasteiger partial charge in [-0.1, -0.05) is 32.9 Å². The van der Waals surface area contributed by atoms with Crippen LogP contribution in [0.2, 0.25) is 0 Å². The van der Waals surface area contributed by atoms with Gasteiger partial charge < -0.3 is 10.1 Å². The normalized spacial score (nSPS) is 11.1. The first-order valence-electron chi connectivity index (χ1n) is 7.67. The van der Waals surface area contributed by atoms with Gasteiger partial charge in [-0.05, 0) is 80.4 Å². The first-order chi connectivity index (χ1) is 11.6. The Morgan fingerprint density at radius 3 is 2.16 bits per heavy atom. The Balaban J connectivity index is 2.30. The molecule has 0 aliphatic carbocycles. The van der Waals surface area contributed by atoms with E-state index in [1.807, 2.05) is 30.3 Å². The van der Waals surface area contributed by atoms with Gasteiger partial charge in [-0.2, -0.15) is 0 Å². The van der Waals surface area contributed by atoms with Crippen LogP contribution in [0.15, 0.2) is 36.4 Å². The van der Waals surface area contributed by atoms with Crippen molar-refractivity contribution in [2.24, 2.45) is 0 Å². The molecule has 25 heavy (non-hydrogen) atoms. The van der Waals surface area contributed by atoms with Crippen LogP contribution in [0.1, 0.15) is 43.6 Å². The highest BCUT2D eigenvalue weighted by Crippen LogP contribution is 2.30. The van der Waals surface area contributed by atoms with Crippen LogP contribution in [-0.4, -0.2) is 11.9 Å². The molecule has 132 valence electrons. The summed E-state index contributed by atoms with van der Waals surface area (Å²) in [4.78, 5) is 24.0. The molecule has 0 saturated heterocycles. The van der Waals surface area contributed by atoms with Crippen molar-refractivity contribution in [3.63, 3.8) is 0 Å². The fourth-order valence-corrected chi connectivity index (χ4v) is 4.18. The van der Waals surface area contributed by atoms with E-state index in [1.54, 1.807) is 6.07 Å². The quantitative estimate of drug-likeness (QED) is 0.311. The number of amides is 1. The third-order valence-corrected chi connectivity index (χ3v) is 4.93. The van der Waals surface area contributed by atoms with E-state index in [1.165, 1.54) is 12.5 Å². The molecule has 1 N–H and O–H groups in total. The van der Waals surface area contributed by atoms with Crippen LogP contribution < -0.4 is 10.1 Å². The lowest BCUT2D eigenvalue weighted by atomic mass is 9.87. The van der Waals surface area contributed by atoms with Crippen molar-refractivity contribution in [2.75, 3.05) is 5.32 Å². The number of halogens is 2. The van der Waals surface area contributed by atoms with E-state index in [9.17, 15) is 9.59 Å². The summed E-state index contributed by atoms with van der Waals surface area (Å²) in [6.07, 6.45) is 0. The lowest BCUT2D eigenvalue weighted by Crippen LogP contribution is -2.16. The number of carbonyl (C=O) groups excluding carboxylic acids is 2. The van der Waals surface area contributed by atoms with Crippen molar-refractivity contribution in [1.82, 2.24) is 0 Å². The fraction of sp³-hybridized carbons (Fsp3) is 0.263. The molecule has 2 aromatic carbocycles. The number of rotatable bonds is 3. The number of hydrogen-bond acceptors (Lipinski definition) is 3. The van der Waals surface area contributed by atoms with Gasteiger partial charge in [0, 0.05) is 16.2 Å². The minimum absolute atomic E-state index is 0.0523. The Bertz CT molecular complexity index is 809. The molecule has 0 atom stereocenters. The largest absolute Gasteiger partial charge is 0.425 e. The Kier molecular flexibility index (Phi) is 6.47. The molecule has 4 nitrogen and oxygen atoms in total. The Hall–Kier alpha value is -1.16. The molecule has 0 saturated carbocycles. The Labute approximate surface area is 175 Å². The van der Waals surface area contributed by atoms with Gasteiger partial charge in [0.1, 0.15) is 0 Å². The Morgan fingerprint density at radius 2 is 1.64 bits per heavy atom. The van der Waals surface area contributed by atoms with E-state index in [0.29, 0.717) is 14.8 Å². The molecule has 0 aliphatic heterocycles. The van der Waals surface area contributed by atoms with Crippen molar-refractivity contribution < 1.29 is 14.3 Å². The van der Waals surface area contributed by atoms with E-state index >= 15 is 0 Å². The van der Waals surface area contributed by atoms with Gasteiger partial charge in [-0.3, -0.25) is 9.59 Å². The van der Waals surface area contributed by atoms with Crippen molar-refractivity contribution in [1.29, 1.82) is 0 Å². The zero-order chi connectivity index (χ0) is 18.8. The molecule has 0 bridgehead atoms. The van der Waals surface area contributed by atoms with Crippen LogP contribution in [0, 0.1) is 7.14 Å². The highest BCUT2D eigenvalue weighted by atomic mass is 127. The summed E-state index contributed by atoms with van der Waals surface area (Å²) in [5.74, 6) is -0.476. The first-order valence-corrected chi connectivity index (χ1v) is 9.83. The van der Waals surface area contributed by atoms with Crippen LogP contribution in [-0.2, 0) is 10.2 Å². The molecule has 2 rings (SSSR count). The van der Waals surface area contributed by atoms with Crippen molar-refractivity contribution in [3.8, 4) is 5.75 Å². The average molecular weight is 563 g/mol. The third-order valence-electron chi connectivity index (χ3n) is 3.51. The SMILES string of the molecule is CC(=O)Oc1c(I)cc(I)cc1C(=O)Nc1ccc(C(C)(C)C)cc1. The van der Waals surface area contributed by atoms with Crippen LogP contribution in [0.3, 0.4) is 0 Å². The molecule has 0 heterocycles. The summed E-state index contributed by atoms with van der Waals surface area (Å²) in [7, 11) is 0. The van der Waals surface area contributed by atoms with E-state index in [4.69, 9.17) is 4.74 Å². The maximum absolute atomic E-state index is 12.7. The fourth-order valence-electron chi connectivity index (χ4n) is 2.23. The molecule has 2 aromatic rings. The number of anilines is 1. The van der Waals surface area contributed by atoms with Crippen molar-refractivity contribution in [3.05, 3.63) is 54.7 Å². The maximum Gasteiger partial charge on any atom is 0.308 e. The monoisotopic (exact) mass is 563 g/mol. The second-order valence-electron chi connectivity index (χ2n) is 6.64. The van der Waals surface area contributed by atoms with Crippen LogP contribution in [0.25, 0.3) is 0 Å². The summed E-state index contributed by atoms with van der Waals surface area (Å²) in [6, 6.07) is 11.3. The maximum atomic E-state index is 12.7. The van der Waals surface area contributed by atoms with Crippen LogP contribution in [0.5, 0.6) is 5.75 Å². The minimum Gasteiger partial charge on any atom is -0.425 e. The van der Waals surface area contributed by atoms with Gasteiger partial charge in [-0.15, -0.1) is 0 Å². The number of nitrogens with one attached hydrogen (secondary N) is 1. The molecule has 0 fully saturated rings. The standard InChI is InChI=1S/C19H19I2NO3/c1-11(23)25-17-15(9-13(20)10-16(17)21)18(24)22-14-7-5-12(6-8-14)19(2,3)4/h5-10H,1-4H3,(H,22,24). The summed E-state index contributed by atoms with van der Waals surface area (Å²) < 4.78 is 6.85. The van der Waals surface area contributed by atoms with Crippen molar-refractivity contribution in [2.45, 2.75) is 33.1 Å². The lowest BCUT2D eigenvalue weighted by Gasteiger charge is -2.19. The van der Waals surface area contributed by atoms with Gasteiger partial charge in [-0.25, -0.2) is 0 Å². The van der Waals surface area contributed by atoms with E-state index < -0.39 is 5.97 Å². The zero-order valence-corrected chi connectivity index (χ0v) is 18.8. The molecule has 6 heteroatoms. The van der Waals surface area contributed by atoms with Gasteiger partial charge in [0.05, 0.1) is 9.13 Å². The highest BCUT2D eigenvalue weighted by Gasteiger charge is 2.19. The second-order valence-corrected chi connectivity index (χ2v) is 9.05. The topological polar surface area (TPSA) is 55.4 Å². The number of esters is 1. The molecule has 0 radical (unpaired) electrons. The Morgan fingerprint density at radius 1 is 1.04 bits per heavy atom. The van der Waals surface area contributed by atoms with Crippen molar-refractivity contribution >= 4 is 62.7 Å². The second kappa shape index (κ2) is 8.03. The summed E-state index contributed by atoms with van der Waals surface area (Å²) in [5.41, 5.74) is 2.28. The predicted octanol–water partition coefficient (Wildman–Crippen LogP) is 5.37. The van der Waals surface area contributed by atoms with E-state index in [-0.39, 0.29) is 17.1 Å². The van der Waals surface area contributed by atoms with Gasteiger partial charge >= 0.3 is 5.97 Å². The predicted molar refractivity (Wildman–Crippen MR) is 116 cm³/mol. The first kappa shape index (κ1) is 20.2. The highest BCUT2D eigenvalue weighted by molar-refractivity contribution is 14.1. The summed E-state index contributed by atoms with van der Waals surface area (Å²) >= 11 is 4.19. The molecule has 1 amide bonds. The van der Waals surface area contributed by atoms with Crippen LogP contribution in [0.4, 0.5) is 5.69 Å². The molecular weight excluding hydrogens is 544 g/mol. The van der Waals surface area contributed by atoms with Crippen LogP contribution >= 0.6 is 45.2 Å². The molecule has 0 aromatic heterocycles. The lowest BCUT2D eigenvalue weighted by molar-refractivity contribution is -0.131.